The van der Waals surface area contributed by atoms with Crippen LogP contribution in [0.1, 0.15) is 6.92 Å². The third-order valence-electron chi connectivity index (χ3n) is 3.03. The molecular weight excluding hydrogens is 252 g/mol. The molecule has 19 heavy (non-hydrogen) atoms. The van der Waals surface area contributed by atoms with Gasteiger partial charge in [0.05, 0.1) is 12.2 Å². The second-order valence-electron chi connectivity index (χ2n) is 4.76. The van der Waals surface area contributed by atoms with Crippen molar-refractivity contribution in [3.8, 4) is 0 Å². The van der Waals surface area contributed by atoms with E-state index < -0.39 is 11.6 Å². The molecule has 1 fully saturated rings. The summed E-state index contributed by atoms with van der Waals surface area (Å²) < 4.78 is 26.1. The highest BCUT2D eigenvalue weighted by molar-refractivity contribution is 5.92. The second-order valence-corrected chi connectivity index (χ2v) is 4.76. The van der Waals surface area contributed by atoms with E-state index in [-0.39, 0.29) is 18.1 Å². The molecule has 0 aliphatic carbocycles. The van der Waals surface area contributed by atoms with Crippen molar-refractivity contribution in [1.82, 2.24) is 10.2 Å². The number of anilines is 1. The van der Waals surface area contributed by atoms with Crippen LogP contribution >= 0.6 is 0 Å². The molecule has 0 bridgehead atoms. The summed E-state index contributed by atoms with van der Waals surface area (Å²) >= 11 is 0. The molecule has 2 rings (SSSR count). The van der Waals surface area contributed by atoms with Gasteiger partial charge < -0.3 is 10.6 Å². The van der Waals surface area contributed by atoms with Crippen LogP contribution in [0.15, 0.2) is 18.2 Å². The minimum atomic E-state index is -0.762. The Morgan fingerprint density at radius 2 is 2.32 bits per heavy atom. The van der Waals surface area contributed by atoms with E-state index in [9.17, 15) is 13.6 Å². The van der Waals surface area contributed by atoms with Gasteiger partial charge in [-0.1, -0.05) is 0 Å². The average Bonchev–Trinajstić information content (AvgIpc) is 2.33. The van der Waals surface area contributed by atoms with Crippen LogP contribution in [0.4, 0.5) is 14.5 Å². The summed E-state index contributed by atoms with van der Waals surface area (Å²) in [5, 5.41) is 5.73. The molecule has 0 saturated carbocycles. The molecule has 0 aromatic heterocycles. The number of halogens is 2. The Morgan fingerprint density at radius 1 is 1.53 bits per heavy atom. The highest BCUT2D eigenvalue weighted by Gasteiger charge is 2.18. The molecular formula is C13H17F2N3O. The molecule has 0 unspecified atom stereocenters. The summed E-state index contributed by atoms with van der Waals surface area (Å²) in [6.45, 7) is 4.65. The fourth-order valence-corrected chi connectivity index (χ4v) is 2.14. The van der Waals surface area contributed by atoms with Gasteiger partial charge >= 0.3 is 0 Å². The number of amides is 1. The van der Waals surface area contributed by atoms with Crippen LogP contribution in [-0.4, -0.2) is 43.0 Å². The first-order valence-electron chi connectivity index (χ1n) is 6.25. The quantitative estimate of drug-likeness (QED) is 0.866. The molecule has 4 nitrogen and oxygen atoms in total. The predicted molar refractivity (Wildman–Crippen MR) is 68.9 cm³/mol. The van der Waals surface area contributed by atoms with Gasteiger partial charge in [0.1, 0.15) is 11.6 Å². The minimum Gasteiger partial charge on any atom is -0.322 e. The molecule has 1 aliphatic rings. The molecule has 1 atom stereocenters. The summed E-state index contributed by atoms with van der Waals surface area (Å²) in [4.78, 5) is 13.8. The lowest BCUT2D eigenvalue weighted by Gasteiger charge is -2.31. The Hall–Kier alpha value is -1.53. The number of hydrogen-bond acceptors (Lipinski definition) is 3. The van der Waals surface area contributed by atoms with Gasteiger partial charge in [-0.2, -0.15) is 0 Å². The zero-order valence-corrected chi connectivity index (χ0v) is 10.7. The van der Waals surface area contributed by atoms with E-state index in [1.165, 1.54) is 6.07 Å². The van der Waals surface area contributed by atoms with E-state index in [0.717, 1.165) is 31.8 Å². The van der Waals surface area contributed by atoms with Crippen molar-refractivity contribution in [2.75, 3.05) is 31.5 Å². The normalized spacial score (nSPS) is 20.3. The van der Waals surface area contributed by atoms with Gasteiger partial charge in [-0.25, -0.2) is 8.78 Å². The number of piperazine rings is 1. The topological polar surface area (TPSA) is 44.4 Å². The second kappa shape index (κ2) is 6.08. The number of rotatable bonds is 3. The van der Waals surface area contributed by atoms with Crippen LogP contribution in [0, 0.1) is 11.6 Å². The Balaban J connectivity index is 1.90. The lowest BCUT2D eigenvalue weighted by molar-refractivity contribution is -0.117. The lowest BCUT2D eigenvalue weighted by atomic mass is 10.2. The predicted octanol–water partition coefficient (Wildman–Crippen LogP) is 1.20. The lowest BCUT2D eigenvalue weighted by Crippen LogP contribution is -2.51. The van der Waals surface area contributed by atoms with Gasteiger partial charge in [-0.3, -0.25) is 9.69 Å². The van der Waals surface area contributed by atoms with E-state index in [0.29, 0.717) is 6.04 Å². The Kier molecular flexibility index (Phi) is 4.44. The van der Waals surface area contributed by atoms with E-state index in [1.54, 1.807) is 0 Å². The summed E-state index contributed by atoms with van der Waals surface area (Å²) in [5.74, 6) is -1.71. The maximum absolute atomic E-state index is 13.4. The van der Waals surface area contributed by atoms with Crippen LogP contribution in [0.5, 0.6) is 0 Å². The largest absolute Gasteiger partial charge is 0.322 e. The highest BCUT2D eigenvalue weighted by atomic mass is 19.1. The summed E-state index contributed by atoms with van der Waals surface area (Å²) in [7, 11) is 0. The summed E-state index contributed by atoms with van der Waals surface area (Å²) in [5.41, 5.74) is 0.00887. The first-order valence-corrected chi connectivity index (χ1v) is 6.25. The standard InChI is InChI=1S/C13H17F2N3O/c1-9-7-18(5-4-16-9)8-13(19)17-12-3-2-10(14)6-11(12)15/h2-3,6,9,16H,4-5,7-8H2,1H3,(H,17,19)/t9-/m0/s1. The van der Waals surface area contributed by atoms with Crippen molar-refractivity contribution >= 4 is 11.6 Å². The third kappa shape index (κ3) is 3.97. The number of nitrogens with zero attached hydrogens (tertiary/aromatic N) is 1. The van der Waals surface area contributed by atoms with Gasteiger partial charge in [0.15, 0.2) is 0 Å². The SMILES string of the molecule is C[C@H]1CN(CC(=O)Nc2ccc(F)cc2F)CCN1. The fraction of sp³-hybridized carbons (Fsp3) is 0.462. The Labute approximate surface area is 110 Å². The number of nitrogens with one attached hydrogen (secondary N) is 2. The van der Waals surface area contributed by atoms with E-state index in [4.69, 9.17) is 0 Å². The molecule has 6 heteroatoms. The third-order valence-corrected chi connectivity index (χ3v) is 3.03. The number of benzene rings is 1. The van der Waals surface area contributed by atoms with Crippen molar-refractivity contribution in [3.05, 3.63) is 29.8 Å². The maximum atomic E-state index is 13.4. The van der Waals surface area contributed by atoms with Crippen molar-refractivity contribution in [2.24, 2.45) is 0 Å². The van der Waals surface area contributed by atoms with E-state index in [2.05, 4.69) is 10.6 Å². The molecule has 1 saturated heterocycles. The number of hydrogen-bond donors (Lipinski definition) is 2. The number of carbonyl (C=O) groups is 1. The van der Waals surface area contributed by atoms with Gasteiger partial charge in [0.25, 0.3) is 0 Å². The van der Waals surface area contributed by atoms with Crippen LogP contribution in [0.2, 0.25) is 0 Å². The molecule has 1 aromatic carbocycles. The molecule has 104 valence electrons. The van der Waals surface area contributed by atoms with Crippen LogP contribution in [0.3, 0.4) is 0 Å². The molecule has 1 amide bonds. The molecule has 0 spiro atoms. The van der Waals surface area contributed by atoms with Gasteiger partial charge in [-0.05, 0) is 19.1 Å². The molecule has 1 aromatic rings. The minimum absolute atomic E-state index is 0.00887. The highest BCUT2D eigenvalue weighted by Crippen LogP contribution is 2.14. The molecule has 1 aliphatic heterocycles. The maximum Gasteiger partial charge on any atom is 0.238 e. The van der Waals surface area contributed by atoms with E-state index >= 15 is 0 Å². The monoisotopic (exact) mass is 269 g/mol. The Bertz CT molecular complexity index is 467. The summed E-state index contributed by atoms with van der Waals surface area (Å²) in [6.07, 6.45) is 0. The Morgan fingerprint density at radius 3 is 3.00 bits per heavy atom. The van der Waals surface area contributed by atoms with Crippen molar-refractivity contribution in [3.63, 3.8) is 0 Å². The average molecular weight is 269 g/mol. The first-order chi connectivity index (χ1) is 9.04. The first kappa shape index (κ1) is 13.9. The van der Waals surface area contributed by atoms with Crippen molar-refractivity contribution in [1.29, 1.82) is 0 Å². The van der Waals surface area contributed by atoms with Crippen LogP contribution in [0.25, 0.3) is 0 Å². The number of carbonyl (C=O) groups excluding carboxylic acids is 1. The van der Waals surface area contributed by atoms with Gasteiger partial charge in [0, 0.05) is 31.7 Å². The smallest absolute Gasteiger partial charge is 0.238 e. The zero-order chi connectivity index (χ0) is 13.8. The van der Waals surface area contributed by atoms with Gasteiger partial charge in [0.2, 0.25) is 5.91 Å². The van der Waals surface area contributed by atoms with Crippen LogP contribution in [-0.2, 0) is 4.79 Å². The summed E-state index contributed by atoms with van der Waals surface area (Å²) in [6, 6.07) is 3.43. The fourth-order valence-electron chi connectivity index (χ4n) is 2.14. The van der Waals surface area contributed by atoms with Crippen molar-refractivity contribution in [2.45, 2.75) is 13.0 Å². The molecule has 0 radical (unpaired) electrons. The van der Waals surface area contributed by atoms with Crippen LogP contribution < -0.4 is 10.6 Å². The van der Waals surface area contributed by atoms with Gasteiger partial charge in [-0.15, -0.1) is 0 Å². The zero-order valence-electron chi connectivity index (χ0n) is 10.7. The van der Waals surface area contributed by atoms with E-state index in [1.807, 2.05) is 11.8 Å². The molecule has 2 N–H and O–H groups in total. The molecule has 1 heterocycles. The van der Waals surface area contributed by atoms with Crippen molar-refractivity contribution < 1.29 is 13.6 Å².